The quantitative estimate of drug-likeness (QED) is 0.290. The zero-order valence-corrected chi connectivity index (χ0v) is 16.9. The van der Waals surface area contributed by atoms with E-state index in [1.807, 2.05) is 66.7 Å². The lowest BCUT2D eigenvalue weighted by atomic mass is 10.1. The van der Waals surface area contributed by atoms with Gasteiger partial charge in [-0.05, 0) is 42.3 Å². The van der Waals surface area contributed by atoms with Gasteiger partial charge in [-0.2, -0.15) is 5.10 Å². The van der Waals surface area contributed by atoms with Gasteiger partial charge in [-0.25, -0.2) is 10.2 Å². The summed E-state index contributed by atoms with van der Waals surface area (Å²) in [4.78, 5) is 24.3. The molecule has 0 aliphatic heterocycles. The highest BCUT2D eigenvalue weighted by Gasteiger charge is 2.09. The molecule has 0 aliphatic rings. The molecule has 0 unspecified atom stereocenters. The fraction of sp³-hybridized carbons (Fsp3) is 0.0800. The van der Waals surface area contributed by atoms with Gasteiger partial charge in [0, 0.05) is 5.39 Å². The van der Waals surface area contributed by atoms with Crippen molar-refractivity contribution in [1.29, 1.82) is 0 Å². The third-order valence-corrected chi connectivity index (χ3v) is 4.71. The number of hydrogen-bond donors (Lipinski definition) is 1. The Hall–Kier alpha value is -4.19. The molecule has 4 aromatic rings. The molecule has 0 atom stereocenters. The molecule has 0 saturated heterocycles. The van der Waals surface area contributed by atoms with Crippen LogP contribution in [0.2, 0.25) is 0 Å². The van der Waals surface area contributed by atoms with Crippen molar-refractivity contribution in [1.82, 2.24) is 5.43 Å². The third kappa shape index (κ3) is 4.87. The van der Waals surface area contributed by atoms with Crippen LogP contribution in [-0.4, -0.2) is 18.2 Å². The molecule has 1 aromatic heterocycles. The normalized spacial score (nSPS) is 11.3. The largest absolute Gasteiger partial charge is 0.484 e. The molecule has 0 fully saturated rings. The first kappa shape index (κ1) is 20.1. The van der Waals surface area contributed by atoms with Gasteiger partial charge >= 0.3 is 5.63 Å². The Kier molecular flexibility index (Phi) is 5.89. The topological polar surface area (TPSA) is 80.9 Å². The number of hydrazone groups is 1. The second-order valence-electron chi connectivity index (χ2n) is 6.90. The lowest BCUT2D eigenvalue weighted by Gasteiger charge is -2.07. The van der Waals surface area contributed by atoms with Gasteiger partial charge in [0.25, 0.3) is 5.91 Å². The number of ether oxygens (including phenoxy) is 1. The minimum absolute atomic E-state index is 0.201. The van der Waals surface area contributed by atoms with Gasteiger partial charge in [0.2, 0.25) is 0 Å². The van der Waals surface area contributed by atoms with Crippen LogP contribution in [0.15, 0.2) is 99.2 Å². The van der Waals surface area contributed by atoms with Crippen molar-refractivity contribution in [2.24, 2.45) is 5.10 Å². The minimum Gasteiger partial charge on any atom is -0.484 e. The molecule has 1 amide bonds. The Balaban J connectivity index is 1.36. The van der Waals surface area contributed by atoms with E-state index in [-0.39, 0.29) is 12.2 Å². The zero-order valence-electron chi connectivity index (χ0n) is 16.9. The van der Waals surface area contributed by atoms with Crippen LogP contribution in [0, 0.1) is 0 Å². The monoisotopic (exact) mass is 412 g/mol. The van der Waals surface area contributed by atoms with E-state index in [9.17, 15) is 9.59 Å². The summed E-state index contributed by atoms with van der Waals surface area (Å²) in [6.45, 7) is 1.43. The maximum atomic E-state index is 12.2. The second kappa shape index (κ2) is 9.09. The number of benzene rings is 3. The van der Waals surface area contributed by atoms with Crippen LogP contribution >= 0.6 is 0 Å². The van der Waals surface area contributed by atoms with Crippen molar-refractivity contribution in [3.63, 3.8) is 0 Å². The number of amides is 1. The van der Waals surface area contributed by atoms with Gasteiger partial charge < -0.3 is 9.15 Å². The molecule has 3 aromatic carbocycles. The number of hydrogen-bond acceptors (Lipinski definition) is 5. The van der Waals surface area contributed by atoms with Crippen molar-refractivity contribution in [3.05, 3.63) is 101 Å². The minimum atomic E-state index is -0.510. The van der Waals surface area contributed by atoms with Crippen LogP contribution in [0.5, 0.6) is 5.75 Å². The van der Waals surface area contributed by atoms with Crippen molar-refractivity contribution >= 4 is 22.6 Å². The molecule has 31 heavy (non-hydrogen) atoms. The van der Waals surface area contributed by atoms with E-state index in [1.165, 1.54) is 0 Å². The standard InChI is InChI=1S/C25H20N2O4/c1-17(22-15-20-9-5-6-10-23(20)31-25(22)29)26-27-24(28)16-30-21-13-11-19(12-14-21)18-7-3-2-4-8-18/h2-15H,16H2,1H3,(H,27,28)/b26-17-. The Morgan fingerprint density at radius 3 is 2.39 bits per heavy atom. The van der Waals surface area contributed by atoms with Crippen LogP contribution < -0.4 is 15.8 Å². The summed E-state index contributed by atoms with van der Waals surface area (Å²) in [7, 11) is 0. The van der Waals surface area contributed by atoms with Crippen LogP contribution in [-0.2, 0) is 4.79 Å². The summed E-state index contributed by atoms with van der Waals surface area (Å²) in [6.07, 6.45) is 0. The van der Waals surface area contributed by atoms with Gasteiger partial charge in [0.05, 0.1) is 11.3 Å². The number of carbonyl (C=O) groups is 1. The predicted octanol–water partition coefficient (Wildman–Crippen LogP) is 4.38. The highest BCUT2D eigenvalue weighted by molar-refractivity contribution is 6.00. The Bertz CT molecular complexity index is 1290. The summed E-state index contributed by atoms with van der Waals surface area (Å²) in [5.74, 6) is 0.141. The number of rotatable bonds is 6. The number of carbonyl (C=O) groups excluding carboxylic acids is 1. The fourth-order valence-electron chi connectivity index (χ4n) is 3.08. The van der Waals surface area contributed by atoms with E-state index in [0.29, 0.717) is 17.0 Å². The van der Waals surface area contributed by atoms with E-state index in [0.717, 1.165) is 16.5 Å². The molecule has 1 heterocycles. The van der Waals surface area contributed by atoms with Crippen LogP contribution in [0.25, 0.3) is 22.1 Å². The van der Waals surface area contributed by atoms with Gasteiger partial charge in [-0.3, -0.25) is 4.79 Å². The molecule has 154 valence electrons. The summed E-state index contributed by atoms with van der Waals surface area (Å²) in [5, 5.41) is 4.78. The average molecular weight is 412 g/mol. The van der Waals surface area contributed by atoms with Crippen LogP contribution in [0.1, 0.15) is 12.5 Å². The highest BCUT2D eigenvalue weighted by atomic mass is 16.5. The second-order valence-corrected chi connectivity index (χ2v) is 6.90. The molecule has 6 nitrogen and oxygen atoms in total. The Labute approximate surface area is 178 Å². The maximum Gasteiger partial charge on any atom is 0.345 e. The smallest absolute Gasteiger partial charge is 0.345 e. The molecule has 1 N–H and O–H groups in total. The van der Waals surface area contributed by atoms with Gasteiger partial charge in [0.15, 0.2) is 6.61 Å². The maximum absolute atomic E-state index is 12.2. The van der Waals surface area contributed by atoms with E-state index in [2.05, 4.69) is 10.5 Å². The summed E-state index contributed by atoms with van der Waals surface area (Å²) >= 11 is 0. The number of fused-ring (bicyclic) bond motifs is 1. The zero-order chi connectivity index (χ0) is 21.6. The lowest BCUT2D eigenvalue weighted by molar-refractivity contribution is -0.123. The van der Waals surface area contributed by atoms with Crippen LogP contribution in [0.3, 0.4) is 0 Å². The molecular formula is C25H20N2O4. The summed E-state index contributed by atoms with van der Waals surface area (Å²) < 4.78 is 10.8. The van der Waals surface area contributed by atoms with Crippen LogP contribution in [0.4, 0.5) is 0 Å². The van der Waals surface area contributed by atoms with Gasteiger partial charge in [-0.1, -0.05) is 60.7 Å². The van der Waals surface area contributed by atoms with E-state index < -0.39 is 11.5 Å². The molecule has 0 saturated carbocycles. The molecular weight excluding hydrogens is 392 g/mol. The first-order chi connectivity index (χ1) is 15.1. The average Bonchev–Trinajstić information content (AvgIpc) is 2.81. The van der Waals surface area contributed by atoms with Gasteiger partial charge in [-0.15, -0.1) is 0 Å². The van der Waals surface area contributed by atoms with Crippen molar-refractivity contribution in [2.75, 3.05) is 6.61 Å². The number of para-hydroxylation sites is 1. The SMILES string of the molecule is C/C(=N/NC(=O)COc1ccc(-c2ccccc2)cc1)c1cc2ccccc2oc1=O. The number of nitrogens with one attached hydrogen (secondary N) is 1. The highest BCUT2D eigenvalue weighted by Crippen LogP contribution is 2.22. The molecule has 0 spiro atoms. The van der Waals surface area contributed by atoms with Crippen molar-refractivity contribution in [3.8, 4) is 16.9 Å². The Morgan fingerprint density at radius 2 is 1.61 bits per heavy atom. The lowest BCUT2D eigenvalue weighted by Crippen LogP contribution is -2.26. The fourth-order valence-corrected chi connectivity index (χ4v) is 3.08. The van der Waals surface area contributed by atoms with Crippen molar-refractivity contribution in [2.45, 2.75) is 6.92 Å². The summed E-state index contributed by atoms with van der Waals surface area (Å²) in [5.41, 5.74) is 5.20. The first-order valence-electron chi connectivity index (χ1n) is 9.75. The molecule has 0 bridgehead atoms. The molecule has 0 aliphatic carbocycles. The first-order valence-corrected chi connectivity index (χ1v) is 9.75. The molecule has 0 radical (unpaired) electrons. The van der Waals surface area contributed by atoms with E-state index >= 15 is 0 Å². The summed E-state index contributed by atoms with van der Waals surface area (Å²) in [6, 6.07) is 26.4. The number of nitrogens with zero attached hydrogens (tertiary/aromatic N) is 1. The van der Waals surface area contributed by atoms with Crippen molar-refractivity contribution < 1.29 is 13.9 Å². The molecule has 4 rings (SSSR count). The van der Waals surface area contributed by atoms with E-state index in [4.69, 9.17) is 9.15 Å². The predicted molar refractivity (Wildman–Crippen MR) is 120 cm³/mol. The van der Waals surface area contributed by atoms with Gasteiger partial charge in [0.1, 0.15) is 11.3 Å². The van der Waals surface area contributed by atoms with E-state index in [1.54, 1.807) is 25.1 Å². The Morgan fingerprint density at radius 1 is 0.935 bits per heavy atom. The molecule has 6 heteroatoms. The third-order valence-electron chi connectivity index (χ3n) is 4.71.